The molecule has 6 nitrogen and oxygen atoms in total. The van der Waals surface area contributed by atoms with Crippen molar-refractivity contribution in [3.8, 4) is 0 Å². The molecule has 1 aliphatic rings. The molecule has 2 amide bonds. The van der Waals surface area contributed by atoms with Crippen LogP contribution in [0.2, 0.25) is 0 Å². The van der Waals surface area contributed by atoms with Gasteiger partial charge in [-0.3, -0.25) is 9.78 Å². The molecule has 1 N–H and O–H groups in total. The third kappa shape index (κ3) is 3.07. The summed E-state index contributed by atoms with van der Waals surface area (Å²) in [5, 5.41) is 2.75. The Bertz CT molecular complexity index is 549. The largest absolute Gasteiger partial charge is 0.444 e. The highest BCUT2D eigenvalue weighted by atomic mass is 16.6. The summed E-state index contributed by atoms with van der Waals surface area (Å²) >= 11 is 0. The van der Waals surface area contributed by atoms with Crippen LogP contribution in [-0.2, 0) is 17.8 Å². The number of fused-ring (bicyclic) bond motifs is 1. The quantitative estimate of drug-likeness (QED) is 0.893. The second-order valence-corrected chi connectivity index (χ2v) is 5.80. The molecule has 6 heteroatoms. The van der Waals surface area contributed by atoms with E-state index < -0.39 is 11.7 Å². The van der Waals surface area contributed by atoms with Gasteiger partial charge in [0.25, 0.3) is 5.91 Å². The van der Waals surface area contributed by atoms with E-state index in [0.717, 1.165) is 5.56 Å². The van der Waals surface area contributed by atoms with Crippen LogP contribution in [0.3, 0.4) is 0 Å². The maximum absolute atomic E-state index is 11.9. The van der Waals surface area contributed by atoms with E-state index in [1.807, 2.05) is 20.8 Å². The van der Waals surface area contributed by atoms with Crippen LogP contribution < -0.4 is 5.32 Å². The number of hydrogen-bond acceptors (Lipinski definition) is 4. The third-order valence-electron chi connectivity index (χ3n) is 2.91. The molecule has 2 rings (SSSR count). The minimum absolute atomic E-state index is 0.0939. The SMILES string of the molecule is CN(Cc1nccc2c1CNC2=O)C(=O)OC(C)(C)C. The average molecular weight is 277 g/mol. The molecule has 0 saturated carbocycles. The predicted octanol–water partition coefficient (Wildman–Crippen LogP) is 1.69. The van der Waals surface area contributed by atoms with Crippen LogP contribution in [0.1, 0.15) is 42.4 Å². The number of nitrogens with one attached hydrogen (secondary N) is 1. The summed E-state index contributed by atoms with van der Waals surface area (Å²) in [6.45, 7) is 6.23. The number of ether oxygens (including phenoxy) is 1. The molecule has 0 atom stereocenters. The Morgan fingerprint density at radius 3 is 2.85 bits per heavy atom. The van der Waals surface area contributed by atoms with Gasteiger partial charge in [-0.2, -0.15) is 0 Å². The van der Waals surface area contributed by atoms with Crippen molar-refractivity contribution in [1.82, 2.24) is 15.2 Å². The highest BCUT2D eigenvalue weighted by molar-refractivity contribution is 5.98. The summed E-state index contributed by atoms with van der Waals surface area (Å²) in [5.41, 5.74) is 1.67. The van der Waals surface area contributed by atoms with Gasteiger partial charge in [0.1, 0.15) is 5.60 Å². The highest BCUT2D eigenvalue weighted by Gasteiger charge is 2.25. The van der Waals surface area contributed by atoms with Crippen LogP contribution >= 0.6 is 0 Å². The number of nitrogens with zero attached hydrogens (tertiary/aromatic N) is 2. The zero-order valence-electron chi connectivity index (χ0n) is 12.2. The standard InChI is InChI=1S/C14H19N3O3/c1-14(2,3)20-13(19)17(4)8-11-10-7-16-12(18)9(10)5-6-15-11/h5-6H,7-8H2,1-4H3,(H,16,18). The molecule has 0 bridgehead atoms. The smallest absolute Gasteiger partial charge is 0.410 e. The first kappa shape index (κ1) is 14.3. The van der Waals surface area contributed by atoms with Crippen molar-refractivity contribution in [3.05, 3.63) is 29.1 Å². The maximum Gasteiger partial charge on any atom is 0.410 e. The van der Waals surface area contributed by atoms with E-state index >= 15 is 0 Å². The van der Waals surface area contributed by atoms with Crippen LogP contribution in [-0.4, -0.2) is 34.5 Å². The Morgan fingerprint density at radius 1 is 1.50 bits per heavy atom. The fourth-order valence-corrected chi connectivity index (χ4v) is 1.97. The van der Waals surface area contributed by atoms with Crippen molar-refractivity contribution in [3.63, 3.8) is 0 Å². The number of aromatic nitrogens is 1. The van der Waals surface area contributed by atoms with Gasteiger partial charge in [-0.05, 0) is 26.8 Å². The monoisotopic (exact) mass is 277 g/mol. The molecule has 0 aliphatic carbocycles. The molecule has 1 aliphatic heterocycles. The summed E-state index contributed by atoms with van der Waals surface area (Å²) in [7, 11) is 1.65. The number of rotatable bonds is 2. The summed E-state index contributed by atoms with van der Waals surface area (Å²) in [6, 6.07) is 1.69. The maximum atomic E-state index is 11.9. The zero-order valence-corrected chi connectivity index (χ0v) is 12.2. The van der Waals surface area contributed by atoms with Gasteiger partial charge in [0.2, 0.25) is 0 Å². The van der Waals surface area contributed by atoms with E-state index in [1.165, 1.54) is 4.90 Å². The lowest BCUT2D eigenvalue weighted by molar-refractivity contribution is 0.0282. The first-order chi connectivity index (χ1) is 9.28. The van der Waals surface area contributed by atoms with Gasteiger partial charge < -0.3 is 15.0 Å². The molecule has 2 heterocycles. The van der Waals surface area contributed by atoms with Crippen LogP contribution in [0.4, 0.5) is 4.79 Å². The van der Waals surface area contributed by atoms with Crippen molar-refractivity contribution in [2.24, 2.45) is 0 Å². The number of carbonyl (C=O) groups is 2. The minimum Gasteiger partial charge on any atom is -0.444 e. The Labute approximate surface area is 118 Å². The summed E-state index contributed by atoms with van der Waals surface area (Å²) in [4.78, 5) is 29.2. The van der Waals surface area contributed by atoms with E-state index in [0.29, 0.717) is 24.3 Å². The predicted molar refractivity (Wildman–Crippen MR) is 73.1 cm³/mol. The van der Waals surface area contributed by atoms with Gasteiger partial charge in [0.05, 0.1) is 12.2 Å². The van der Waals surface area contributed by atoms with Crippen LogP contribution in [0.25, 0.3) is 0 Å². The number of carbonyl (C=O) groups excluding carboxylic acids is 2. The number of amides is 2. The molecular weight excluding hydrogens is 258 g/mol. The summed E-state index contributed by atoms with van der Waals surface area (Å²) < 4.78 is 5.29. The van der Waals surface area contributed by atoms with Crippen molar-refractivity contribution in [2.75, 3.05) is 7.05 Å². The van der Waals surface area contributed by atoms with Crippen molar-refractivity contribution >= 4 is 12.0 Å². The molecule has 0 fully saturated rings. The van der Waals surface area contributed by atoms with Gasteiger partial charge in [-0.15, -0.1) is 0 Å². The normalized spacial score (nSPS) is 13.7. The number of hydrogen-bond donors (Lipinski definition) is 1. The molecular formula is C14H19N3O3. The van der Waals surface area contributed by atoms with Crippen LogP contribution in [0, 0.1) is 0 Å². The van der Waals surface area contributed by atoms with Crippen molar-refractivity contribution in [1.29, 1.82) is 0 Å². The molecule has 0 spiro atoms. The molecule has 0 unspecified atom stereocenters. The van der Waals surface area contributed by atoms with Gasteiger partial charge >= 0.3 is 6.09 Å². The second-order valence-electron chi connectivity index (χ2n) is 5.80. The fraction of sp³-hybridized carbons (Fsp3) is 0.500. The lowest BCUT2D eigenvalue weighted by Gasteiger charge is -2.24. The van der Waals surface area contributed by atoms with E-state index in [2.05, 4.69) is 10.3 Å². The minimum atomic E-state index is -0.533. The first-order valence-corrected chi connectivity index (χ1v) is 6.47. The third-order valence-corrected chi connectivity index (χ3v) is 2.91. The molecule has 0 aromatic carbocycles. The van der Waals surface area contributed by atoms with E-state index in [-0.39, 0.29) is 5.91 Å². The lowest BCUT2D eigenvalue weighted by Crippen LogP contribution is -2.34. The topological polar surface area (TPSA) is 71.5 Å². The van der Waals surface area contributed by atoms with E-state index in [4.69, 9.17) is 4.74 Å². The van der Waals surface area contributed by atoms with Crippen molar-refractivity contribution < 1.29 is 14.3 Å². The molecule has 108 valence electrons. The zero-order chi connectivity index (χ0) is 14.9. The Kier molecular flexibility index (Phi) is 3.65. The van der Waals surface area contributed by atoms with Crippen LogP contribution in [0.5, 0.6) is 0 Å². The Hall–Kier alpha value is -2.11. The van der Waals surface area contributed by atoms with Crippen LogP contribution in [0.15, 0.2) is 12.3 Å². The van der Waals surface area contributed by atoms with Gasteiger partial charge in [-0.1, -0.05) is 0 Å². The molecule has 20 heavy (non-hydrogen) atoms. The number of pyridine rings is 1. The molecule has 1 aromatic heterocycles. The van der Waals surface area contributed by atoms with E-state index in [1.54, 1.807) is 19.3 Å². The lowest BCUT2D eigenvalue weighted by atomic mass is 10.1. The molecule has 0 saturated heterocycles. The van der Waals surface area contributed by atoms with Gasteiger partial charge in [-0.25, -0.2) is 4.79 Å². The van der Waals surface area contributed by atoms with E-state index in [9.17, 15) is 9.59 Å². The average Bonchev–Trinajstić information content (AvgIpc) is 2.70. The summed E-state index contributed by atoms with van der Waals surface area (Å²) in [6.07, 6.45) is 1.18. The Balaban J connectivity index is 2.11. The van der Waals surface area contributed by atoms with Crippen molar-refractivity contribution in [2.45, 2.75) is 39.5 Å². The highest BCUT2D eigenvalue weighted by Crippen LogP contribution is 2.19. The first-order valence-electron chi connectivity index (χ1n) is 6.47. The summed E-state index contributed by atoms with van der Waals surface area (Å²) in [5.74, 6) is -0.0939. The molecule has 0 radical (unpaired) electrons. The van der Waals surface area contributed by atoms with Gasteiger partial charge in [0, 0.05) is 30.9 Å². The Morgan fingerprint density at radius 2 is 2.20 bits per heavy atom. The van der Waals surface area contributed by atoms with Gasteiger partial charge in [0.15, 0.2) is 0 Å². The fourth-order valence-electron chi connectivity index (χ4n) is 1.97. The second kappa shape index (κ2) is 5.11. The molecule has 1 aromatic rings.